The molecule has 0 amide bonds. The number of halogens is 1. The molecule has 8 heteroatoms. The standard InChI is InChI=1S/C16H21BrN4O2S/c1-4-12(3)13-6-8-14(9-7-13)24(22,23)20-18-11-16-15(17)10-19-21(16)5-2/h6-12,20H,4-5H2,1-3H3. The van der Waals surface area contributed by atoms with Crippen LogP contribution in [0.4, 0.5) is 0 Å². The van der Waals surface area contributed by atoms with Gasteiger partial charge in [-0.2, -0.15) is 18.6 Å². The molecule has 1 unspecified atom stereocenters. The summed E-state index contributed by atoms with van der Waals surface area (Å²) < 4.78 is 27.0. The Kier molecular flexibility index (Phi) is 6.17. The highest BCUT2D eigenvalue weighted by Gasteiger charge is 2.14. The first kappa shape index (κ1) is 18.7. The lowest BCUT2D eigenvalue weighted by Crippen LogP contribution is -2.18. The summed E-state index contributed by atoms with van der Waals surface area (Å²) >= 11 is 3.36. The Morgan fingerprint density at radius 3 is 2.58 bits per heavy atom. The Morgan fingerprint density at radius 2 is 2.00 bits per heavy atom. The van der Waals surface area contributed by atoms with Gasteiger partial charge in [0.1, 0.15) is 0 Å². The van der Waals surface area contributed by atoms with E-state index in [-0.39, 0.29) is 4.90 Å². The van der Waals surface area contributed by atoms with Crippen molar-refractivity contribution in [3.63, 3.8) is 0 Å². The average Bonchev–Trinajstić information content (AvgIpc) is 2.94. The number of aromatic nitrogens is 2. The molecule has 0 aliphatic rings. The van der Waals surface area contributed by atoms with Gasteiger partial charge in [0.2, 0.25) is 0 Å². The van der Waals surface area contributed by atoms with Crippen molar-refractivity contribution in [1.29, 1.82) is 0 Å². The molecular weight excluding hydrogens is 392 g/mol. The SMILES string of the molecule is CCC(C)c1ccc(S(=O)(=O)NN=Cc2c(Br)cnn2CC)cc1. The van der Waals surface area contributed by atoms with Gasteiger partial charge in [-0.3, -0.25) is 4.68 Å². The van der Waals surface area contributed by atoms with Crippen molar-refractivity contribution in [2.45, 2.75) is 44.6 Å². The van der Waals surface area contributed by atoms with Crippen molar-refractivity contribution in [3.8, 4) is 0 Å². The fourth-order valence-electron chi connectivity index (χ4n) is 2.17. The summed E-state index contributed by atoms with van der Waals surface area (Å²) in [6, 6.07) is 6.89. The van der Waals surface area contributed by atoms with Gasteiger partial charge in [0.05, 0.1) is 27.5 Å². The van der Waals surface area contributed by atoms with Gasteiger partial charge >= 0.3 is 0 Å². The number of aryl methyl sites for hydroxylation is 1. The van der Waals surface area contributed by atoms with Crippen LogP contribution in [0.15, 0.2) is 44.9 Å². The number of sulfonamides is 1. The van der Waals surface area contributed by atoms with E-state index in [1.807, 2.05) is 19.1 Å². The first-order valence-corrected chi connectivity index (χ1v) is 10.0. The van der Waals surface area contributed by atoms with E-state index in [0.717, 1.165) is 16.5 Å². The van der Waals surface area contributed by atoms with E-state index in [0.29, 0.717) is 18.2 Å². The maximum absolute atomic E-state index is 12.3. The zero-order valence-corrected chi connectivity index (χ0v) is 16.3. The second kappa shape index (κ2) is 7.94. The van der Waals surface area contributed by atoms with E-state index in [1.54, 1.807) is 23.0 Å². The Bertz CT molecular complexity index is 813. The van der Waals surface area contributed by atoms with E-state index in [4.69, 9.17) is 0 Å². The molecule has 0 radical (unpaired) electrons. The lowest BCUT2D eigenvalue weighted by Gasteiger charge is -2.10. The lowest BCUT2D eigenvalue weighted by molar-refractivity contribution is 0.584. The Morgan fingerprint density at radius 1 is 1.33 bits per heavy atom. The largest absolute Gasteiger partial charge is 0.276 e. The van der Waals surface area contributed by atoms with Crippen molar-refractivity contribution < 1.29 is 8.42 Å². The minimum absolute atomic E-state index is 0.190. The molecule has 2 aromatic rings. The van der Waals surface area contributed by atoms with E-state index in [2.05, 4.69) is 44.8 Å². The normalized spacial score (nSPS) is 13.3. The molecule has 24 heavy (non-hydrogen) atoms. The van der Waals surface area contributed by atoms with Crippen LogP contribution in [0.2, 0.25) is 0 Å². The molecule has 130 valence electrons. The molecule has 1 atom stereocenters. The minimum atomic E-state index is -3.69. The summed E-state index contributed by atoms with van der Waals surface area (Å²) in [7, 11) is -3.69. The Hall–Kier alpha value is -1.67. The predicted octanol–water partition coefficient (Wildman–Crippen LogP) is 3.49. The average molecular weight is 413 g/mol. The van der Waals surface area contributed by atoms with E-state index in [9.17, 15) is 8.42 Å². The van der Waals surface area contributed by atoms with Crippen LogP contribution in [0.3, 0.4) is 0 Å². The second-order valence-corrected chi connectivity index (χ2v) is 7.94. The van der Waals surface area contributed by atoms with Crippen molar-refractivity contribution in [1.82, 2.24) is 14.6 Å². The smallest absolute Gasteiger partial charge is 0.263 e. The fourth-order valence-corrected chi connectivity index (χ4v) is 3.36. The third-order valence-corrected chi connectivity index (χ3v) is 5.71. The van der Waals surface area contributed by atoms with Gasteiger partial charge in [0.15, 0.2) is 0 Å². The Labute approximate surface area is 151 Å². The highest BCUT2D eigenvalue weighted by molar-refractivity contribution is 9.10. The molecule has 1 heterocycles. The van der Waals surface area contributed by atoms with E-state index < -0.39 is 10.0 Å². The van der Waals surface area contributed by atoms with Gasteiger partial charge in [-0.25, -0.2) is 4.83 Å². The molecule has 0 saturated carbocycles. The number of rotatable bonds is 7. The van der Waals surface area contributed by atoms with E-state index in [1.165, 1.54) is 6.21 Å². The molecule has 1 N–H and O–H groups in total. The molecule has 0 fully saturated rings. The van der Waals surface area contributed by atoms with Crippen molar-refractivity contribution >= 4 is 32.2 Å². The van der Waals surface area contributed by atoms with Gasteiger partial charge in [-0.1, -0.05) is 26.0 Å². The van der Waals surface area contributed by atoms with Gasteiger partial charge in [-0.05, 0) is 52.9 Å². The first-order chi connectivity index (χ1) is 11.4. The van der Waals surface area contributed by atoms with Crippen LogP contribution in [-0.2, 0) is 16.6 Å². The van der Waals surface area contributed by atoms with Gasteiger partial charge in [-0.15, -0.1) is 0 Å². The van der Waals surface area contributed by atoms with Crippen LogP contribution in [0, 0.1) is 0 Å². The lowest BCUT2D eigenvalue weighted by atomic mass is 9.99. The number of hydrogen-bond acceptors (Lipinski definition) is 4. The molecule has 0 aliphatic heterocycles. The highest BCUT2D eigenvalue weighted by Crippen LogP contribution is 2.20. The monoisotopic (exact) mass is 412 g/mol. The topological polar surface area (TPSA) is 76.3 Å². The molecule has 1 aromatic heterocycles. The molecule has 0 aliphatic carbocycles. The quantitative estimate of drug-likeness (QED) is 0.558. The van der Waals surface area contributed by atoms with Crippen molar-refractivity contribution in [3.05, 3.63) is 46.2 Å². The second-order valence-electron chi connectivity index (χ2n) is 5.42. The first-order valence-electron chi connectivity index (χ1n) is 7.75. The van der Waals surface area contributed by atoms with Crippen LogP contribution in [-0.4, -0.2) is 24.4 Å². The molecular formula is C16H21BrN4O2S. The maximum Gasteiger partial charge on any atom is 0.276 e. The van der Waals surface area contributed by atoms with Crippen LogP contribution in [0.1, 0.15) is 44.4 Å². The van der Waals surface area contributed by atoms with E-state index >= 15 is 0 Å². The van der Waals surface area contributed by atoms with Crippen molar-refractivity contribution in [2.24, 2.45) is 5.10 Å². The third-order valence-electron chi connectivity index (χ3n) is 3.86. The summed E-state index contributed by atoms with van der Waals surface area (Å²) in [5.41, 5.74) is 1.82. The van der Waals surface area contributed by atoms with Crippen molar-refractivity contribution in [2.75, 3.05) is 0 Å². The molecule has 6 nitrogen and oxygen atoms in total. The van der Waals surface area contributed by atoms with Crippen LogP contribution >= 0.6 is 15.9 Å². The third kappa shape index (κ3) is 4.24. The maximum atomic E-state index is 12.3. The zero-order chi connectivity index (χ0) is 17.7. The van der Waals surface area contributed by atoms with Crippen LogP contribution in [0.5, 0.6) is 0 Å². The summed E-state index contributed by atoms with van der Waals surface area (Å²) in [6.07, 6.45) is 4.09. The summed E-state index contributed by atoms with van der Waals surface area (Å²) in [4.78, 5) is 2.42. The predicted molar refractivity (Wildman–Crippen MR) is 98.7 cm³/mol. The van der Waals surface area contributed by atoms with Gasteiger partial charge in [0.25, 0.3) is 10.0 Å². The molecule has 0 spiro atoms. The van der Waals surface area contributed by atoms with Crippen LogP contribution in [0.25, 0.3) is 0 Å². The minimum Gasteiger partial charge on any atom is -0.263 e. The van der Waals surface area contributed by atoms with Crippen LogP contribution < -0.4 is 4.83 Å². The number of benzene rings is 1. The number of nitrogens with one attached hydrogen (secondary N) is 1. The number of hydrogen-bond donors (Lipinski definition) is 1. The molecule has 2 rings (SSSR count). The number of hydrazone groups is 1. The summed E-state index contributed by atoms with van der Waals surface area (Å²) in [5, 5.41) is 7.99. The zero-order valence-electron chi connectivity index (χ0n) is 13.9. The Balaban J connectivity index is 2.13. The van der Waals surface area contributed by atoms with Gasteiger partial charge < -0.3 is 0 Å². The highest BCUT2D eigenvalue weighted by atomic mass is 79.9. The summed E-state index contributed by atoms with van der Waals surface area (Å²) in [6.45, 7) is 6.82. The number of nitrogens with zero attached hydrogens (tertiary/aromatic N) is 3. The van der Waals surface area contributed by atoms with Gasteiger partial charge in [0, 0.05) is 6.54 Å². The molecule has 1 aromatic carbocycles. The fraction of sp³-hybridized carbons (Fsp3) is 0.375. The molecule has 0 bridgehead atoms. The summed E-state index contributed by atoms with van der Waals surface area (Å²) in [5.74, 6) is 0.402. The molecule has 0 saturated heterocycles.